The predicted molar refractivity (Wildman–Crippen MR) is 101 cm³/mol. The van der Waals surface area contributed by atoms with E-state index >= 15 is 0 Å². The van der Waals surface area contributed by atoms with Crippen LogP contribution >= 0.6 is 0 Å². The first kappa shape index (κ1) is 18.9. The van der Waals surface area contributed by atoms with E-state index in [1.807, 2.05) is 6.07 Å². The lowest BCUT2D eigenvalue weighted by Gasteiger charge is -2.39. The molecule has 1 aromatic carbocycles. The van der Waals surface area contributed by atoms with Gasteiger partial charge in [-0.15, -0.1) is 0 Å². The van der Waals surface area contributed by atoms with Crippen LogP contribution < -0.4 is 5.32 Å². The van der Waals surface area contributed by atoms with E-state index in [1.54, 1.807) is 28.6 Å². The second kappa shape index (κ2) is 7.87. The number of rotatable bonds is 6. The Bertz CT molecular complexity index is 764. The molecule has 3 saturated heterocycles. The summed E-state index contributed by atoms with van der Waals surface area (Å²) in [6.45, 7) is 3.24. The largest absolute Gasteiger partial charge is 0.378 e. The summed E-state index contributed by atoms with van der Waals surface area (Å²) < 4.78 is 33.3. The van der Waals surface area contributed by atoms with Gasteiger partial charge < -0.3 is 10.1 Å². The number of ether oxygens (including phenoxy) is 1. The Balaban J connectivity index is 1.40. The van der Waals surface area contributed by atoms with Gasteiger partial charge in [-0.1, -0.05) is 18.2 Å². The summed E-state index contributed by atoms with van der Waals surface area (Å²) >= 11 is 0. The maximum absolute atomic E-state index is 13.1. The van der Waals surface area contributed by atoms with Crippen molar-refractivity contribution in [2.45, 2.75) is 48.8 Å². The van der Waals surface area contributed by atoms with Crippen molar-refractivity contribution in [2.75, 3.05) is 32.8 Å². The van der Waals surface area contributed by atoms with Gasteiger partial charge in [0.25, 0.3) is 0 Å². The van der Waals surface area contributed by atoms with Crippen LogP contribution in [-0.4, -0.2) is 74.5 Å². The molecule has 3 aliphatic heterocycles. The number of sulfonamides is 1. The molecular weight excluding hydrogens is 366 g/mol. The zero-order valence-electron chi connectivity index (χ0n) is 15.4. The zero-order valence-corrected chi connectivity index (χ0v) is 16.2. The van der Waals surface area contributed by atoms with Crippen LogP contribution in [0.1, 0.15) is 25.7 Å². The molecule has 0 radical (unpaired) electrons. The Morgan fingerprint density at radius 1 is 1.19 bits per heavy atom. The lowest BCUT2D eigenvalue weighted by molar-refractivity contribution is -0.123. The Labute approximate surface area is 160 Å². The van der Waals surface area contributed by atoms with Crippen molar-refractivity contribution in [1.82, 2.24) is 14.5 Å². The molecular formula is C19H27N3O4S. The van der Waals surface area contributed by atoms with Crippen LogP contribution in [0.4, 0.5) is 0 Å². The highest BCUT2D eigenvalue weighted by Gasteiger charge is 2.44. The fourth-order valence-electron chi connectivity index (χ4n) is 4.34. The lowest BCUT2D eigenvalue weighted by atomic mass is 10.1. The number of piperazine rings is 1. The second-order valence-electron chi connectivity index (χ2n) is 7.62. The van der Waals surface area contributed by atoms with E-state index in [0.717, 1.165) is 39.0 Å². The maximum Gasteiger partial charge on any atom is 0.243 e. The topological polar surface area (TPSA) is 79.0 Å². The lowest BCUT2D eigenvalue weighted by Crippen LogP contribution is -2.57. The summed E-state index contributed by atoms with van der Waals surface area (Å²) in [5, 5.41) is 2.99. The van der Waals surface area contributed by atoms with E-state index in [1.165, 1.54) is 0 Å². The number of carbonyl (C=O) groups is 1. The average molecular weight is 394 g/mol. The number of carbonyl (C=O) groups excluding carboxylic acids is 1. The SMILES string of the molecule is O=C(C[C@H]1CCCO1)NC[C@H]1CN(S(=O)(=O)c2ccccc2)[C@H]2CCN1C2. The molecule has 0 aliphatic carbocycles. The fourth-order valence-corrected chi connectivity index (χ4v) is 6.04. The highest BCUT2D eigenvalue weighted by Crippen LogP contribution is 2.30. The predicted octanol–water partition coefficient (Wildman–Crippen LogP) is 0.819. The van der Waals surface area contributed by atoms with Gasteiger partial charge in [-0.25, -0.2) is 8.42 Å². The van der Waals surface area contributed by atoms with Crippen molar-refractivity contribution >= 4 is 15.9 Å². The Morgan fingerprint density at radius 2 is 2.00 bits per heavy atom. The van der Waals surface area contributed by atoms with E-state index in [2.05, 4.69) is 10.2 Å². The molecule has 4 atom stereocenters. The molecule has 1 amide bonds. The molecule has 3 fully saturated rings. The van der Waals surface area contributed by atoms with Gasteiger partial charge in [0.15, 0.2) is 0 Å². The van der Waals surface area contributed by atoms with Gasteiger partial charge in [-0.05, 0) is 31.4 Å². The summed E-state index contributed by atoms with van der Waals surface area (Å²) in [4.78, 5) is 14.8. The third kappa shape index (κ3) is 4.03. The van der Waals surface area contributed by atoms with E-state index in [-0.39, 0.29) is 24.1 Å². The number of nitrogens with one attached hydrogen (secondary N) is 1. The summed E-state index contributed by atoms with van der Waals surface area (Å²) in [5.41, 5.74) is 0. The van der Waals surface area contributed by atoms with E-state index < -0.39 is 10.0 Å². The molecule has 3 heterocycles. The minimum atomic E-state index is -3.51. The van der Waals surface area contributed by atoms with Crippen molar-refractivity contribution < 1.29 is 17.9 Å². The van der Waals surface area contributed by atoms with Crippen LogP contribution in [0.25, 0.3) is 0 Å². The minimum absolute atomic E-state index is 0.00989. The summed E-state index contributed by atoms with van der Waals surface area (Å²) in [6.07, 6.45) is 3.21. The highest BCUT2D eigenvalue weighted by atomic mass is 32.2. The van der Waals surface area contributed by atoms with Gasteiger partial charge in [0, 0.05) is 44.9 Å². The van der Waals surface area contributed by atoms with Crippen molar-refractivity contribution in [2.24, 2.45) is 0 Å². The second-order valence-corrected chi connectivity index (χ2v) is 9.51. The van der Waals surface area contributed by atoms with Crippen molar-refractivity contribution in [3.63, 3.8) is 0 Å². The fraction of sp³-hybridized carbons (Fsp3) is 0.632. The molecule has 0 saturated carbocycles. The van der Waals surface area contributed by atoms with Crippen LogP contribution in [0.3, 0.4) is 0 Å². The number of fused-ring (bicyclic) bond motifs is 2. The summed E-state index contributed by atoms with van der Waals surface area (Å²) in [7, 11) is -3.51. The zero-order chi connectivity index (χ0) is 18.9. The monoisotopic (exact) mass is 393 g/mol. The Kier molecular flexibility index (Phi) is 5.50. The van der Waals surface area contributed by atoms with E-state index in [0.29, 0.717) is 24.4 Å². The molecule has 27 heavy (non-hydrogen) atoms. The van der Waals surface area contributed by atoms with Gasteiger partial charge >= 0.3 is 0 Å². The number of benzene rings is 1. The van der Waals surface area contributed by atoms with Crippen molar-refractivity contribution in [3.05, 3.63) is 30.3 Å². The molecule has 0 aromatic heterocycles. The minimum Gasteiger partial charge on any atom is -0.378 e. The summed E-state index contributed by atoms with van der Waals surface area (Å²) in [5.74, 6) is -0.0133. The third-order valence-corrected chi connectivity index (χ3v) is 7.76. The van der Waals surface area contributed by atoms with Gasteiger partial charge in [-0.3, -0.25) is 9.69 Å². The van der Waals surface area contributed by atoms with Crippen LogP contribution in [0.5, 0.6) is 0 Å². The first-order chi connectivity index (χ1) is 13.0. The Morgan fingerprint density at radius 3 is 2.74 bits per heavy atom. The number of nitrogens with zero attached hydrogens (tertiary/aromatic N) is 2. The molecule has 0 spiro atoms. The molecule has 2 bridgehead atoms. The van der Waals surface area contributed by atoms with Gasteiger partial charge in [0.2, 0.25) is 15.9 Å². The van der Waals surface area contributed by atoms with E-state index in [9.17, 15) is 13.2 Å². The van der Waals surface area contributed by atoms with Crippen molar-refractivity contribution in [3.8, 4) is 0 Å². The van der Waals surface area contributed by atoms with Crippen LogP contribution in [0, 0.1) is 0 Å². The first-order valence-electron chi connectivity index (χ1n) is 9.73. The van der Waals surface area contributed by atoms with Crippen LogP contribution in [-0.2, 0) is 19.6 Å². The smallest absolute Gasteiger partial charge is 0.243 e. The van der Waals surface area contributed by atoms with Crippen molar-refractivity contribution in [1.29, 1.82) is 0 Å². The third-order valence-electron chi connectivity index (χ3n) is 5.83. The normalized spacial score (nSPS) is 31.1. The number of hydrogen-bond acceptors (Lipinski definition) is 5. The highest BCUT2D eigenvalue weighted by molar-refractivity contribution is 7.89. The first-order valence-corrected chi connectivity index (χ1v) is 11.2. The van der Waals surface area contributed by atoms with Gasteiger partial charge in [-0.2, -0.15) is 4.31 Å². The quantitative estimate of drug-likeness (QED) is 0.774. The summed E-state index contributed by atoms with van der Waals surface area (Å²) in [6, 6.07) is 8.65. The molecule has 7 nitrogen and oxygen atoms in total. The maximum atomic E-state index is 13.1. The molecule has 3 aliphatic rings. The van der Waals surface area contributed by atoms with Gasteiger partial charge in [0.1, 0.15) is 0 Å². The van der Waals surface area contributed by atoms with Crippen LogP contribution in [0.15, 0.2) is 35.2 Å². The molecule has 1 aromatic rings. The average Bonchev–Trinajstić information content (AvgIpc) is 3.32. The Hall–Kier alpha value is -1.48. The molecule has 8 heteroatoms. The molecule has 1 unspecified atom stereocenters. The number of amides is 1. The molecule has 1 N–H and O–H groups in total. The number of hydrogen-bond donors (Lipinski definition) is 1. The standard InChI is InChI=1S/C19H27N3O4S/c23-19(11-17-5-4-10-26-17)20-12-16-14-22(15-8-9-21(16)13-15)27(24,25)18-6-2-1-3-7-18/h1-3,6-7,15-17H,4-5,8-14H2,(H,20,23)/t15-,16-,17+/m0/s1. The van der Waals surface area contributed by atoms with Gasteiger partial charge in [0.05, 0.1) is 17.4 Å². The molecule has 4 rings (SSSR count). The van der Waals surface area contributed by atoms with Crippen LogP contribution in [0.2, 0.25) is 0 Å². The molecule has 148 valence electrons. The van der Waals surface area contributed by atoms with E-state index in [4.69, 9.17) is 4.74 Å².